The second-order valence-corrected chi connectivity index (χ2v) is 6.17. The van der Waals surface area contributed by atoms with E-state index >= 15 is 0 Å². The van der Waals surface area contributed by atoms with Crippen LogP contribution in [0.2, 0.25) is 0 Å². The summed E-state index contributed by atoms with van der Waals surface area (Å²) in [5.74, 6) is -6.32. The Hall–Kier alpha value is -4.08. The van der Waals surface area contributed by atoms with E-state index in [2.05, 4.69) is 0 Å². The number of hydrogen-bond donors (Lipinski definition) is 4. The average molecular weight is 386 g/mol. The van der Waals surface area contributed by atoms with Crippen molar-refractivity contribution in [1.82, 2.24) is 0 Å². The Morgan fingerprint density at radius 1 is 0.607 bits per heavy atom. The van der Waals surface area contributed by atoms with Gasteiger partial charge in [-0.25, -0.2) is 19.2 Å². The molecular formula is C18H10O10. The zero-order valence-corrected chi connectivity index (χ0v) is 13.7. The first kappa shape index (κ1) is 17.3. The predicted molar refractivity (Wildman–Crippen MR) is 87.6 cm³/mol. The van der Waals surface area contributed by atoms with E-state index in [0.717, 1.165) is 24.3 Å². The third-order valence-corrected chi connectivity index (χ3v) is 4.65. The number of aromatic carboxylic acids is 4. The van der Waals surface area contributed by atoms with E-state index < -0.39 is 58.3 Å². The minimum Gasteiger partial charge on any atom is -0.478 e. The summed E-state index contributed by atoms with van der Waals surface area (Å²) < 4.78 is 11.1. The van der Waals surface area contributed by atoms with E-state index in [1.165, 1.54) is 0 Å². The van der Waals surface area contributed by atoms with E-state index in [1.807, 2.05) is 0 Å². The fraction of sp³-hybridized carbons (Fsp3) is 0.111. The van der Waals surface area contributed by atoms with Gasteiger partial charge in [0.15, 0.2) is 0 Å². The van der Waals surface area contributed by atoms with Gasteiger partial charge in [0.1, 0.15) is 11.5 Å². The second kappa shape index (κ2) is 5.71. The number of carbonyl (C=O) groups is 4. The molecule has 2 aromatic rings. The van der Waals surface area contributed by atoms with Crippen LogP contribution in [0.5, 0.6) is 11.5 Å². The van der Waals surface area contributed by atoms with E-state index in [4.69, 9.17) is 9.47 Å². The van der Waals surface area contributed by atoms with Gasteiger partial charge in [0, 0.05) is 11.1 Å². The molecule has 0 atom stereocenters. The molecule has 28 heavy (non-hydrogen) atoms. The molecule has 2 aliphatic heterocycles. The van der Waals surface area contributed by atoms with Gasteiger partial charge in [-0.05, 0) is 24.3 Å². The van der Waals surface area contributed by atoms with Gasteiger partial charge in [-0.15, -0.1) is 0 Å². The van der Waals surface area contributed by atoms with Crippen LogP contribution in [0.4, 0.5) is 0 Å². The van der Waals surface area contributed by atoms with Crippen LogP contribution in [0.1, 0.15) is 58.5 Å². The molecule has 10 heteroatoms. The van der Waals surface area contributed by atoms with Gasteiger partial charge in [-0.1, -0.05) is 0 Å². The molecule has 2 aliphatic rings. The molecular weight excluding hydrogens is 376 g/mol. The van der Waals surface area contributed by atoms with E-state index in [0.29, 0.717) is 11.1 Å². The highest BCUT2D eigenvalue weighted by Crippen LogP contribution is 2.51. The van der Waals surface area contributed by atoms with Gasteiger partial charge in [0.05, 0.1) is 28.2 Å². The Balaban J connectivity index is 1.91. The average Bonchev–Trinajstić information content (AvgIpc) is 3.13. The molecule has 0 radical (unpaired) electrons. The molecule has 0 bridgehead atoms. The minimum absolute atomic E-state index is 0.0993. The van der Waals surface area contributed by atoms with Crippen LogP contribution >= 0.6 is 0 Å². The van der Waals surface area contributed by atoms with E-state index in [1.54, 1.807) is 0 Å². The molecule has 0 saturated carbocycles. The number of ether oxygens (including phenoxy) is 2. The summed E-state index contributed by atoms with van der Waals surface area (Å²) in [6.07, 6.45) is -0.999. The molecule has 4 rings (SSSR count). The van der Waals surface area contributed by atoms with Crippen molar-refractivity contribution in [3.05, 3.63) is 57.6 Å². The van der Waals surface area contributed by atoms with Crippen molar-refractivity contribution in [2.24, 2.45) is 0 Å². The lowest BCUT2D eigenvalue weighted by molar-refractivity contribution is 0.0326. The number of carboxylic acid groups (broad SMARTS) is 4. The third kappa shape index (κ3) is 2.35. The molecule has 0 spiro atoms. The number of fused-ring (bicyclic) bond motifs is 5. The molecule has 0 saturated heterocycles. The fourth-order valence-corrected chi connectivity index (χ4v) is 3.46. The summed E-state index contributed by atoms with van der Waals surface area (Å²) in [6.45, 7) is 0. The molecule has 2 heterocycles. The Morgan fingerprint density at radius 2 is 0.929 bits per heavy atom. The quantitative estimate of drug-likeness (QED) is 0.607. The normalized spacial score (nSPS) is 18.3. The molecule has 0 aromatic heterocycles. The van der Waals surface area contributed by atoms with Crippen molar-refractivity contribution < 1.29 is 49.1 Å². The molecule has 0 unspecified atom stereocenters. The van der Waals surface area contributed by atoms with Crippen molar-refractivity contribution in [2.45, 2.75) is 12.2 Å². The first-order valence-electron chi connectivity index (χ1n) is 7.81. The summed E-state index contributed by atoms with van der Waals surface area (Å²) in [5.41, 5.74) is -1.21. The number of carboxylic acids is 4. The van der Waals surface area contributed by atoms with Gasteiger partial charge in [0.25, 0.3) is 6.29 Å². The molecule has 2 aromatic carbocycles. The monoisotopic (exact) mass is 386 g/mol. The van der Waals surface area contributed by atoms with Crippen molar-refractivity contribution in [2.75, 3.05) is 0 Å². The van der Waals surface area contributed by atoms with Gasteiger partial charge in [-0.2, -0.15) is 0 Å². The van der Waals surface area contributed by atoms with E-state index in [9.17, 15) is 39.6 Å². The number of hydrogen-bond acceptors (Lipinski definition) is 6. The van der Waals surface area contributed by atoms with E-state index in [-0.39, 0.29) is 11.5 Å². The van der Waals surface area contributed by atoms with Crippen molar-refractivity contribution in [1.29, 1.82) is 0 Å². The topological polar surface area (TPSA) is 168 Å². The standard InChI is InChI=1S/C18H10O10/c19-14(20)5-1-9-11(3-7(5)16(23)24)27-18-13(9)10-2-6(15(21)22)8(17(25)26)4-12(10)28-18/h1-4,13,18H,(H,19,20)(H,21,22)(H,23,24)(H,25,26). The first-order valence-corrected chi connectivity index (χ1v) is 7.81. The minimum atomic E-state index is -1.45. The highest BCUT2D eigenvalue weighted by Gasteiger charge is 2.46. The first-order chi connectivity index (χ1) is 13.2. The summed E-state index contributed by atoms with van der Waals surface area (Å²) in [6, 6.07) is 4.45. The van der Waals surface area contributed by atoms with Crippen molar-refractivity contribution >= 4 is 23.9 Å². The fourth-order valence-electron chi connectivity index (χ4n) is 3.46. The predicted octanol–water partition coefficient (Wildman–Crippen LogP) is 1.72. The van der Waals surface area contributed by atoms with Gasteiger partial charge >= 0.3 is 23.9 Å². The molecule has 10 nitrogen and oxygen atoms in total. The summed E-state index contributed by atoms with van der Waals surface area (Å²) in [7, 11) is 0. The molecule has 0 aliphatic carbocycles. The maximum atomic E-state index is 11.4. The second-order valence-electron chi connectivity index (χ2n) is 6.17. The summed E-state index contributed by atoms with van der Waals surface area (Å²) in [4.78, 5) is 45.5. The number of rotatable bonds is 4. The Kier molecular flexibility index (Phi) is 3.54. The van der Waals surface area contributed by atoms with Crippen molar-refractivity contribution in [3.8, 4) is 11.5 Å². The molecule has 0 fully saturated rings. The SMILES string of the molecule is O=C(O)c1cc2c(cc1C(=O)O)C1c3cc(C(=O)O)c(C(=O)O)cc3OC1O2. The smallest absolute Gasteiger partial charge is 0.336 e. The zero-order valence-electron chi connectivity index (χ0n) is 13.7. The summed E-state index contributed by atoms with van der Waals surface area (Å²) in [5, 5.41) is 37.1. The maximum Gasteiger partial charge on any atom is 0.336 e. The van der Waals surface area contributed by atoms with Crippen LogP contribution < -0.4 is 9.47 Å². The lowest BCUT2D eigenvalue weighted by atomic mass is 9.88. The molecule has 142 valence electrons. The van der Waals surface area contributed by atoms with Crippen molar-refractivity contribution in [3.63, 3.8) is 0 Å². The highest BCUT2D eigenvalue weighted by atomic mass is 16.7. The molecule has 0 amide bonds. The van der Waals surface area contributed by atoms with Gasteiger partial charge in [-0.3, -0.25) is 0 Å². The third-order valence-electron chi connectivity index (χ3n) is 4.65. The Labute approximate surface area is 155 Å². The van der Waals surface area contributed by atoms with Crippen LogP contribution in [0, 0.1) is 0 Å². The van der Waals surface area contributed by atoms with Gasteiger partial charge in [0.2, 0.25) is 0 Å². The van der Waals surface area contributed by atoms with Gasteiger partial charge < -0.3 is 29.9 Å². The summed E-state index contributed by atoms with van der Waals surface area (Å²) >= 11 is 0. The lowest BCUT2D eigenvalue weighted by Crippen LogP contribution is -2.19. The lowest BCUT2D eigenvalue weighted by Gasteiger charge is -2.11. The van der Waals surface area contributed by atoms with Crippen LogP contribution in [-0.4, -0.2) is 50.6 Å². The highest BCUT2D eigenvalue weighted by molar-refractivity contribution is 6.03. The molecule has 4 N–H and O–H groups in total. The van der Waals surface area contributed by atoms with Crippen LogP contribution in [0.3, 0.4) is 0 Å². The largest absolute Gasteiger partial charge is 0.478 e. The van der Waals surface area contributed by atoms with Crippen LogP contribution in [0.15, 0.2) is 24.3 Å². The Morgan fingerprint density at radius 3 is 1.25 bits per heavy atom. The number of benzene rings is 2. The van der Waals surface area contributed by atoms with Crippen LogP contribution in [0.25, 0.3) is 0 Å². The van der Waals surface area contributed by atoms with Crippen LogP contribution in [-0.2, 0) is 0 Å². The maximum absolute atomic E-state index is 11.4. The zero-order chi connectivity index (χ0) is 20.3. The Bertz CT molecular complexity index is 1010.